The van der Waals surface area contributed by atoms with Crippen LogP contribution in [0, 0.1) is 0 Å². The Morgan fingerprint density at radius 1 is 1.45 bits per heavy atom. The summed E-state index contributed by atoms with van der Waals surface area (Å²) < 4.78 is 11.2. The molecule has 0 amide bonds. The molecule has 8 heteroatoms. The van der Waals surface area contributed by atoms with Gasteiger partial charge in [-0.05, 0) is 62.7 Å². The van der Waals surface area contributed by atoms with E-state index in [1.54, 1.807) is 0 Å². The summed E-state index contributed by atoms with van der Waals surface area (Å²) in [6.45, 7) is 4.96. The van der Waals surface area contributed by atoms with Crippen LogP contribution in [0.15, 0.2) is 29.1 Å². The van der Waals surface area contributed by atoms with Crippen molar-refractivity contribution >= 4 is 28.2 Å². The lowest BCUT2D eigenvalue weighted by molar-refractivity contribution is 0.113. The molecule has 1 saturated heterocycles. The van der Waals surface area contributed by atoms with Gasteiger partial charge in [0.1, 0.15) is 5.75 Å². The third-order valence-corrected chi connectivity index (χ3v) is 5.35. The molecular formula is C21H29N3O4S. The molecule has 158 valence electrons. The van der Waals surface area contributed by atoms with Crippen LogP contribution in [0.1, 0.15) is 31.7 Å². The molecule has 3 rings (SSSR count). The van der Waals surface area contributed by atoms with Gasteiger partial charge in [-0.1, -0.05) is 0 Å². The topological polar surface area (TPSA) is 86.8 Å². The minimum atomic E-state index is -0.141. The van der Waals surface area contributed by atoms with Crippen molar-refractivity contribution in [3.05, 3.63) is 40.2 Å². The van der Waals surface area contributed by atoms with Crippen LogP contribution in [0.4, 0.5) is 0 Å². The molecule has 1 aliphatic heterocycles. The maximum absolute atomic E-state index is 12.6. The Hall–Kier alpha value is -2.16. The van der Waals surface area contributed by atoms with Crippen LogP contribution in [-0.2, 0) is 11.3 Å². The van der Waals surface area contributed by atoms with Gasteiger partial charge in [0.2, 0.25) is 0 Å². The number of thiocarbonyl (C=S) groups is 1. The number of pyridine rings is 1. The normalized spacial score (nSPS) is 16.1. The van der Waals surface area contributed by atoms with Crippen LogP contribution in [0.2, 0.25) is 0 Å². The average Bonchev–Trinajstić information content (AvgIpc) is 3.23. The van der Waals surface area contributed by atoms with E-state index < -0.39 is 0 Å². The van der Waals surface area contributed by atoms with Crippen molar-refractivity contribution in [1.82, 2.24) is 15.2 Å². The van der Waals surface area contributed by atoms with Crippen LogP contribution >= 0.6 is 12.2 Å². The number of nitrogens with one attached hydrogen (secondary N) is 2. The number of benzene rings is 1. The molecule has 0 saturated carbocycles. The third-order valence-electron chi connectivity index (χ3n) is 4.94. The fraction of sp³-hybridized carbons (Fsp3) is 0.524. The van der Waals surface area contributed by atoms with Crippen molar-refractivity contribution in [2.45, 2.75) is 38.8 Å². The van der Waals surface area contributed by atoms with E-state index in [1.807, 2.05) is 36.1 Å². The highest BCUT2D eigenvalue weighted by atomic mass is 32.1. The number of hydrogen-bond donors (Lipinski definition) is 3. The van der Waals surface area contributed by atoms with Gasteiger partial charge in [0.05, 0.1) is 19.3 Å². The van der Waals surface area contributed by atoms with E-state index >= 15 is 0 Å². The van der Waals surface area contributed by atoms with Gasteiger partial charge >= 0.3 is 0 Å². The van der Waals surface area contributed by atoms with Gasteiger partial charge in [-0.3, -0.25) is 4.79 Å². The Bertz CT molecular complexity index is 880. The van der Waals surface area contributed by atoms with E-state index in [0.29, 0.717) is 43.3 Å². The number of ether oxygens (including phenoxy) is 2. The molecule has 1 aliphatic rings. The Labute approximate surface area is 176 Å². The molecule has 1 unspecified atom stereocenters. The Kier molecular flexibility index (Phi) is 7.85. The first-order valence-corrected chi connectivity index (χ1v) is 10.6. The van der Waals surface area contributed by atoms with E-state index in [0.717, 1.165) is 36.1 Å². The van der Waals surface area contributed by atoms with Crippen LogP contribution in [0.3, 0.4) is 0 Å². The number of hydrogen-bond acceptors (Lipinski definition) is 5. The van der Waals surface area contributed by atoms with Gasteiger partial charge in [0.15, 0.2) is 5.11 Å². The van der Waals surface area contributed by atoms with Crippen molar-refractivity contribution in [3.8, 4) is 5.75 Å². The summed E-state index contributed by atoms with van der Waals surface area (Å²) in [5.41, 5.74) is 1.24. The van der Waals surface area contributed by atoms with Crippen molar-refractivity contribution in [2.24, 2.45) is 0 Å². The number of H-pyrrole nitrogens is 1. The molecule has 2 aromatic rings. The summed E-state index contributed by atoms with van der Waals surface area (Å²) in [6.07, 6.45) is 2.85. The third kappa shape index (κ3) is 5.91. The Balaban J connectivity index is 1.75. The summed E-state index contributed by atoms with van der Waals surface area (Å²) in [6, 6.07) is 7.50. The first-order chi connectivity index (χ1) is 14.1. The second-order valence-electron chi connectivity index (χ2n) is 7.13. The molecule has 2 heterocycles. The number of aromatic amines is 1. The molecule has 29 heavy (non-hydrogen) atoms. The summed E-state index contributed by atoms with van der Waals surface area (Å²) in [5, 5.41) is 14.0. The summed E-state index contributed by atoms with van der Waals surface area (Å²) in [5.74, 6) is 0.767. The summed E-state index contributed by atoms with van der Waals surface area (Å²) in [7, 11) is 0. The zero-order valence-corrected chi connectivity index (χ0v) is 17.6. The predicted molar refractivity (Wildman–Crippen MR) is 117 cm³/mol. The number of nitrogens with zero attached hydrogens (tertiary/aromatic N) is 1. The molecule has 7 nitrogen and oxygen atoms in total. The molecular weight excluding hydrogens is 390 g/mol. The molecule has 1 aromatic heterocycles. The largest absolute Gasteiger partial charge is 0.494 e. The zero-order valence-electron chi connectivity index (χ0n) is 16.8. The lowest BCUT2D eigenvalue weighted by Gasteiger charge is -2.26. The van der Waals surface area contributed by atoms with Gasteiger partial charge in [-0.2, -0.15) is 0 Å². The molecule has 1 fully saturated rings. The number of aliphatic hydroxyl groups is 1. The van der Waals surface area contributed by atoms with Gasteiger partial charge < -0.3 is 29.8 Å². The van der Waals surface area contributed by atoms with Gasteiger partial charge in [-0.15, -0.1) is 0 Å². The predicted octanol–water partition coefficient (Wildman–Crippen LogP) is 2.16. The van der Waals surface area contributed by atoms with E-state index in [-0.39, 0.29) is 18.3 Å². The highest BCUT2D eigenvalue weighted by Crippen LogP contribution is 2.20. The van der Waals surface area contributed by atoms with Gasteiger partial charge in [0, 0.05) is 42.8 Å². The maximum Gasteiger partial charge on any atom is 0.253 e. The summed E-state index contributed by atoms with van der Waals surface area (Å²) >= 11 is 5.56. The zero-order chi connectivity index (χ0) is 20.6. The second-order valence-corrected chi connectivity index (χ2v) is 7.51. The number of aliphatic hydroxyl groups excluding tert-OH is 1. The molecule has 1 atom stereocenters. The van der Waals surface area contributed by atoms with Crippen LogP contribution in [-0.4, -0.2) is 59.1 Å². The highest BCUT2D eigenvalue weighted by Gasteiger charge is 2.18. The molecule has 0 bridgehead atoms. The van der Waals surface area contributed by atoms with Crippen LogP contribution in [0.25, 0.3) is 10.9 Å². The molecule has 0 radical (unpaired) electrons. The van der Waals surface area contributed by atoms with Gasteiger partial charge in [0.25, 0.3) is 5.56 Å². The van der Waals surface area contributed by atoms with Crippen LogP contribution < -0.4 is 15.6 Å². The first-order valence-electron chi connectivity index (χ1n) is 10.1. The smallest absolute Gasteiger partial charge is 0.253 e. The number of rotatable bonds is 9. The Morgan fingerprint density at radius 3 is 3.03 bits per heavy atom. The standard InChI is InChI=1S/C21H29N3O4S/c1-2-27-17-6-7-19-15(12-17)11-16(20(26)23-19)14-24(8-4-9-25)21(29)22-13-18-5-3-10-28-18/h6-7,11-12,18,25H,2-5,8-10,13-14H2,1H3,(H,22,29)(H,23,26). The average molecular weight is 420 g/mol. The van der Waals surface area contributed by atoms with E-state index in [9.17, 15) is 9.90 Å². The van der Waals surface area contributed by atoms with E-state index in [4.69, 9.17) is 21.7 Å². The molecule has 3 N–H and O–H groups in total. The second kappa shape index (κ2) is 10.6. The van der Waals surface area contributed by atoms with E-state index in [1.165, 1.54) is 0 Å². The lowest BCUT2D eigenvalue weighted by atomic mass is 10.1. The van der Waals surface area contributed by atoms with Crippen molar-refractivity contribution < 1.29 is 14.6 Å². The minimum absolute atomic E-state index is 0.0661. The monoisotopic (exact) mass is 419 g/mol. The van der Waals surface area contributed by atoms with Gasteiger partial charge in [-0.25, -0.2) is 0 Å². The highest BCUT2D eigenvalue weighted by molar-refractivity contribution is 7.80. The van der Waals surface area contributed by atoms with Crippen molar-refractivity contribution in [1.29, 1.82) is 0 Å². The number of aromatic nitrogens is 1. The van der Waals surface area contributed by atoms with Crippen molar-refractivity contribution in [2.75, 3.05) is 32.9 Å². The number of fused-ring (bicyclic) bond motifs is 1. The Morgan fingerprint density at radius 2 is 2.31 bits per heavy atom. The quantitative estimate of drug-likeness (QED) is 0.537. The molecule has 0 aliphatic carbocycles. The fourth-order valence-corrected chi connectivity index (χ4v) is 3.68. The lowest BCUT2D eigenvalue weighted by Crippen LogP contribution is -2.43. The van der Waals surface area contributed by atoms with E-state index in [2.05, 4.69) is 10.3 Å². The summed E-state index contributed by atoms with van der Waals surface area (Å²) in [4.78, 5) is 17.5. The fourth-order valence-electron chi connectivity index (χ4n) is 3.44. The van der Waals surface area contributed by atoms with Crippen molar-refractivity contribution in [3.63, 3.8) is 0 Å². The molecule has 1 aromatic carbocycles. The van der Waals surface area contributed by atoms with Crippen LogP contribution in [0.5, 0.6) is 5.75 Å². The first kappa shape index (κ1) is 21.5. The minimum Gasteiger partial charge on any atom is -0.494 e. The molecule has 0 spiro atoms. The SMILES string of the molecule is CCOc1ccc2[nH]c(=O)c(CN(CCCO)C(=S)NCC3CCCO3)cc2c1. The maximum atomic E-state index is 12.6.